The Morgan fingerprint density at radius 3 is 2.89 bits per heavy atom. The summed E-state index contributed by atoms with van der Waals surface area (Å²) >= 11 is 0. The van der Waals surface area contributed by atoms with Crippen molar-refractivity contribution in [3.8, 4) is 6.07 Å². The summed E-state index contributed by atoms with van der Waals surface area (Å²) in [4.78, 5) is 0. The number of nitrogens with zero attached hydrogens (tertiary/aromatic N) is 1. The van der Waals surface area contributed by atoms with Gasteiger partial charge in [-0.05, 0) is 13.3 Å². The molecule has 9 heavy (non-hydrogen) atoms. The van der Waals surface area contributed by atoms with E-state index in [9.17, 15) is 0 Å². The van der Waals surface area contributed by atoms with Crippen molar-refractivity contribution >= 4 is 0 Å². The summed E-state index contributed by atoms with van der Waals surface area (Å²) in [6.07, 6.45) is 2.47. The molecule has 2 nitrogen and oxygen atoms in total. The van der Waals surface area contributed by atoms with Crippen LogP contribution in [-0.4, -0.2) is 6.61 Å². The highest BCUT2D eigenvalue weighted by atomic mass is 16.5. The second-order valence-electron chi connectivity index (χ2n) is 1.78. The van der Waals surface area contributed by atoms with Gasteiger partial charge in [-0.25, -0.2) is 0 Å². The summed E-state index contributed by atoms with van der Waals surface area (Å²) in [5.41, 5.74) is 0.614. The largest absolute Gasteiger partial charge is 0.500 e. The van der Waals surface area contributed by atoms with Crippen molar-refractivity contribution in [1.29, 1.82) is 5.26 Å². The number of hydrogen-bond donors (Lipinski definition) is 0. The molecule has 0 heterocycles. The molecular weight excluding hydrogens is 114 g/mol. The third-order valence-electron chi connectivity index (χ3n) is 0.758. The van der Waals surface area contributed by atoms with E-state index in [0.717, 1.165) is 6.42 Å². The molecule has 0 aromatic heterocycles. The highest BCUT2D eigenvalue weighted by molar-refractivity contribution is 5.14. The van der Waals surface area contributed by atoms with Gasteiger partial charge in [-0.1, -0.05) is 6.92 Å². The minimum Gasteiger partial charge on any atom is -0.500 e. The van der Waals surface area contributed by atoms with Gasteiger partial charge in [0.15, 0.2) is 0 Å². The van der Waals surface area contributed by atoms with E-state index in [0.29, 0.717) is 12.2 Å². The Bertz CT molecular complexity index is 132. The molecule has 0 aliphatic heterocycles. The Kier molecular flexibility index (Phi) is 4.61. The fraction of sp³-hybridized carbons (Fsp3) is 0.571. The summed E-state index contributed by atoms with van der Waals surface area (Å²) in [6.45, 7) is 4.43. The normalized spacial score (nSPS) is 10.6. The van der Waals surface area contributed by atoms with Gasteiger partial charge in [-0.15, -0.1) is 0 Å². The van der Waals surface area contributed by atoms with Crippen molar-refractivity contribution in [3.63, 3.8) is 0 Å². The standard InChI is InChI=1S/C7H11NO/c1-3-4-9-6-7(2)5-8/h6H,3-4H2,1-2H3/b7-6+. The Labute approximate surface area is 55.7 Å². The average molecular weight is 125 g/mol. The monoisotopic (exact) mass is 125 g/mol. The molecule has 0 saturated carbocycles. The van der Waals surface area contributed by atoms with Crippen LogP contribution in [0.4, 0.5) is 0 Å². The molecule has 0 saturated heterocycles. The van der Waals surface area contributed by atoms with Crippen molar-refractivity contribution in [2.45, 2.75) is 20.3 Å². The molecule has 0 aliphatic rings. The first-order chi connectivity index (χ1) is 4.31. The van der Waals surface area contributed by atoms with Gasteiger partial charge in [0.2, 0.25) is 0 Å². The lowest BCUT2D eigenvalue weighted by Gasteiger charge is -1.94. The van der Waals surface area contributed by atoms with Crippen molar-refractivity contribution in [1.82, 2.24) is 0 Å². The van der Waals surface area contributed by atoms with Gasteiger partial charge in [0.25, 0.3) is 0 Å². The summed E-state index contributed by atoms with van der Waals surface area (Å²) in [5.74, 6) is 0. The number of nitriles is 1. The number of rotatable bonds is 3. The Hall–Kier alpha value is -0.970. The van der Waals surface area contributed by atoms with E-state index in [4.69, 9.17) is 10.00 Å². The molecule has 0 aromatic carbocycles. The molecule has 0 aliphatic carbocycles. The van der Waals surface area contributed by atoms with E-state index in [-0.39, 0.29) is 0 Å². The minimum absolute atomic E-state index is 0.614. The SMILES string of the molecule is CCCO/C=C(\C)C#N. The van der Waals surface area contributed by atoms with E-state index in [1.54, 1.807) is 6.92 Å². The van der Waals surface area contributed by atoms with Gasteiger partial charge in [0.1, 0.15) is 0 Å². The molecule has 50 valence electrons. The molecule has 0 amide bonds. The van der Waals surface area contributed by atoms with Crippen molar-refractivity contribution in [3.05, 3.63) is 11.8 Å². The van der Waals surface area contributed by atoms with Crippen molar-refractivity contribution < 1.29 is 4.74 Å². The van der Waals surface area contributed by atoms with E-state index in [1.165, 1.54) is 6.26 Å². The van der Waals surface area contributed by atoms with Crippen LogP contribution in [0.1, 0.15) is 20.3 Å². The molecule has 0 radical (unpaired) electrons. The zero-order chi connectivity index (χ0) is 7.11. The van der Waals surface area contributed by atoms with Gasteiger partial charge in [-0.3, -0.25) is 0 Å². The number of ether oxygens (including phenoxy) is 1. The van der Waals surface area contributed by atoms with Crippen LogP contribution in [-0.2, 0) is 4.74 Å². The van der Waals surface area contributed by atoms with Crippen LogP contribution in [0.2, 0.25) is 0 Å². The average Bonchev–Trinajstić information content (AvgIpc) is 1.89. The van der Waals surface area contributed by atoms with Crippen molar-refractivity contribution in [2.24, 2.45) is 0 Å². The molecule has 0 rings (SSSR count). The highest BCUT2D eigenvalue weighted by Crippen LogP contribution is 1.89. The van der Waals surface area contributed by atoms with Gasteiger partial charge < -0.3 is 4.74 Å². The Morgan fingerprint density at radius 2 is 2.44 bits per heavy atom. The second kappa shape index (κ2) is 5.17. The molecule has 0 N–H and O–H groups in total. The van der Waals surface area contributed by atoms with Crippen molar-refractivity contribution in [2.75, 3.05) is 6.61 Å². The zero-order valence-electron chi connectivity index (χ0n) is 5.85. The maximum Gasteiger partial charge on any atom is 0.0976 e. The van der Waals surface area contributed by atoms with Crippen LogP contribution in [0.15, 0.2) is 11.8 Å². The molecule has 0 fully saturated rings. The summed E-state index contributed by atoms with van der Waals surface area (Å²) in [5, 5.41) is 8.24. The first-order valence-electron chi connectivity index (χ1n) is 2.99. The third kappa shape index (κ3) is 4.89. The minimum atomic E-state index is 0.614. The fourth-order valence-electron chi connectivity index (χ4n) is 0.328. The maximum atomic E-state index is 8.24. The van der Waals surface area contributed by atoms with Crippen LogP contribution in [0.25, 0.3) is 0 Å². The molecular formula is C7H11NO. The molecule has 0 unspecified atom stereocenters. The lowest BCUT2D eigenvalue weighted by atomic mass is 10.4. The van der Waals surface area contributed by atoms with E-state index in [2.05, 4.69) is 0 Å². The predicted molar refractivity (Wildman–Crippen MR) is 35.6 cm³/mol. The molecule has 0 bridgehead atoms. The molecule has 0 spiro atoms. The quantitative estimate of drug-likeness (QED) is 0.327. The Morgan fingerprint density at radius 1 is 1.78 bits per heavy atom. The third-order valence-corrected chi connectivity index (χ3v) is 0.758. The van der Waals surface area contributed by atoms with E-state index >= 15 is 0 Å². The smallest absolute Gasteiger partial charge is 0.0976 e. The lowest BCUT2D eigenvalue weighted by molar-refractivity contribution is 0.248. The first kappa shape index (κ1) is 8.03. The molecule has 0 aromatic rings. The highest BCUT2D eigenvalue weighted by Gasteiger charge is 1.81. The van der Waals surface area contributed by atoms with Crippen LogP contribution >= 0.6 is 0 Å². The topological polar surface area (TPSA) is 33.0 Å². The zero-order valence-corrected chi connectivity index (χ0v) is 5.85. The van der Waals surface area contributed by atoms with Gasteiger partial charge in [-0.2, -0.15) is 5.26 Å². The summed E-state index contributed by atoms with van der Waals surface area (Å²) < 4.78 is 4.95. The fourth-order valence-corrected chi connectivity index (χ4v) is 0.328. The van der Waals surface area contributed by atoms with Crippen LogP contribution in [0, 0.1) is 11.3 Å². The van der Waals surface area contributed by atoms with E-state index in [1.807, 2.05) is 13.0 Å². The molecule has 0 atom stereocenters. The summed E-state index contributed by atoms with van der Waals surface area (Å²) in [6, 6.07) is 1.96. The van der Waals surface area contributed by atoms with Gasteiger partial charge in [0.05, 0.1) is 24.5 Å². The van der Waals surface area contributed by atoms with Gasteiger partial charge in [0, 0.05) is 0 Å². The van der Waals surface area contributed by atoms with Crippen LogP contribution in [0.3, 0.4) is 0 Å². The van der Waals surface area contributed by atoms with Crippen LogP contribution < -0.4 is 0 Å². The Balaban J connectivity index is 3.35. The lowest BCUT2D eigenvalue weighted by Crippen LogP contribution is -1.83. The number of hydrogen-bond acceptors (Lipinski definition) is 2. The molecule has 2 heteroatoms. The number of allylic oxidation sites excluding steroid dienone is 1. The van der Waals surface area contributed by atoms with E-state index < -0.39 is 0 Å². The predicted octanol–water partition coefficient (Wildman–Crippen LogP) is 1.84. The van der Waals surface area contributed by atoms with Crippen LogP contribution in [0.5, 0.6) is 0 Å². The first-order valence-corrected chi connectivity index (χ1v) is 2.99. The summed E-state index contributed by atoms with van der Waals surface area (Å²) in [7, 11) is 0. The maximum absolute atomic E-state index is 8.24. The van der Waals surface area contributed by atoms with Gasteiger partial charge >= 0.3 is 0 Å². The second-order valence-corrected chi connectivity index (χ2v) is 1.78.